The summed E-state index contributed by atoms with van der Waals surface area (Å²) in [5.74, 6) is -0.792. The Morgan fingerprint density at radius 2 is 1.75 bits per heavy atom. The molecule has 4 rings (SSSR count). The largest absolute Gasteiger partial charge is 0.322 e. The first kappa shape index (κ1) is 14.6. The van der Waals surface area contributed by atoms with E-state index in [0.717, 1.165) is 16.7 Å². The Labute approximate surface area is 139 Å². The monoisotopic (exact) mass is 320 g/mol. The quantitative estimate of drug-likeness (QED) is 0.862. The van der Waals surface area contributed by atoms with Crippen molar-refractivity contribution in [3.8, 4) is 11.1 Å². The van der Waals surface area contributed by atoms with Gasteiger partial charge in [-0.1, -0.05) is 42.5 Å². The molecule has 0 radical (unpaired) electrons. The maximum atomic E-state index is 12.8. The molecule has 5 heteroatoms. The van der Waals surface area contributed by atoms with Crippen LogP contribution in [-0.4, -0.2) is 28.7 Å². The molecule has 1 atom stereocenters. The highest BCUT2D eigenvalue weighted by atomic mass is 16.2. The summed E-state index contributed by atoms with van der Waals surface area (Å²) in [6.45, 7) is 0.412. The Kier molecular flexibility index (Phi) is 3.41. The Morgan fingerprint density at radius 1 is 0.958 bits per heavy atom. The molecule has 2 aliphatic heterocycles. The first-order valence-corrected chi connectivity index (χ1v) is 7.96. The van der Waals surface area contributed by atoms with Gasteiger partial charge >= 0.3 is 0 Å². The van der Waals surface area contributed by atoms with E-state index in [2.05, 4.69) is 5.32 Å². The van der Waals surface area contributed by atoms with E-state index < -0.39 is 6.04 Å². The van der Waals surface area contributed by atoms with Crippen molar-refractivity contribution in [1.82, 2.24) is 10.2 Å². The summed E-state index contributed by atoms with van der Waals surface area (Å²) >= 11 is 0. The summed E-state index contributed by atoms with van der Waals surface area (Å²) in [4.78, 5) is 37.7. The standard InChI is InChI=1S/C19H16N2O3/c22-17-9-8-16(18(23)20-17)21-11-14-7-6-13(10-15(14)19(21)24)12-4-2-1-3-5-12/h1-7,10,16H,8-9,11H2,(H,20,22,23). The second kappa shape index (κ2) is 5.60. The zero-order chi connectivity index (χ0) is 16.7. The van der Waals surface area contributed by atoms with Crippen molar-refractivity contribution >= 4 is 17.7 Å². The lowest BCUT2D eigenvalue weighted by Gasteiger charge is -2.29. The summed E-state index contributed by atoms with van der Waals surface area (Å²) < 4.78 is 0. The van der Waals surface area contributed by atoms with E-state index in [1.165, 1.54) is 0 Å². The number of rotatable bonds is 2. The van der Waals surface area contributed by atoms with E-state index in [4.69, 9.17) is 0 Å². The molecule has 5 nitrogen and oxygen atoms in total. The van der Waals surface area contributed by atoms with Crippen molar-refractivity contribution in [3.63, 3.8) is 0 Å². The number of imide groups is 1. The fraction of sp³-hybridized carbons (Fsp3) is 0.211. The summed E-state index contributed by atoms with van der Waals surface area (Å²) in [6, 6.07) is 15.1. The molecule has 0 saturated carbocycles. The fourth-order valence-corrected chi connectivity index (χ4v) is 3.36. The van der Waals surface area contributed by atoms with Gasteiger partial charge in [0.25, 0.3) is 5.91 Å². The average molecular weight is 320 g/mol. The molecule has 0 aliphatic carbocycles. The lowest BCUT2D eigenvalue weighted by atomic mass is 10.0. The van der Waals surface area contributed by atoms with Crippen LogP contribution in [0.25, 0.3) is 11.1 Å². The van der Waals surface area contributed by atoms with Crippen LogP contribution < -0.4 is 5.32 Å². The number of carbonyl (C=O) groups excluding carboxylic acids is 3. The van der Waals surface area contributed by atoms with Gasteiger partial charge in [0.05, 0.1) is 0 Å². The third kappa shape index (κ3) is 2.38. The number of fused-ring (bicyclic) bond motifs is 1. The van der Waals surface area contributed by atoms with Gasteiger partial charge in [0.2, 0.25) is 11.8 Å². The van der Waals surface area contributed by atoms with Crippen LogP contribution in [0.3, 0.4) is 0 Å². The SMILES string of the molecule is O=C1CCC(N2Cc3ccc(-c4ccccc4)cc3C2=O)C(=O)N1. The van der Waals surface area contributed by atoms with Gasteiger partial charge < -0.3 is 4.90 Å². The van der Waals surface area contributed by atoms with Crippen LogP contribution in [0.2, 0.25) is 0 Å². The van der Waals surface area contributed by atoms with Crippen molar-refractivity contribution in [2.45, 2.75) is 25.4 Å². The first-order valence-electron chi connectivity index (χ1n) is 7.96. The Morgan fingerprint density at radius 3 is 2.50 bits per heavy atom. The van der Waals surface area contributed by atoms with Crippen LogP contribution in [0.15, 0.2) is 48.5 Å². The third-order valence-electron chi connectivity index (χ3n) is 4.64. The normalized spacial score (nSPS) is 20.1. The Hall–Kier alpha value is -2.95. The van der Waals surface area contributed by atoms with Gasteiger partial charge in [-0.2, -0.15) is 0 Å². The number of nitrogens with one attached hydrogen (secondary N) is 1. The van der Waals surface area contributed by atoms with Crippen LogP contribution in [0.1, 0.15) is 28.8 Å². The zero-order valence-corrected chi connectivity index (χ0v) is 13.0. The number of nitrogens with zero attached hydrogens (tertiary/aromatic N) is 1. The molecule has 0 spiro atoms. The average Bonchev–Trinajstić information content (AvgIpc) is 2.92. The molecule has 1 unspecified atom stereocenters. The second-order valence-corrected chi connectivity index (χ2v) is 6.14. The highest BCUT2D eigenvalue weighted by molar-refractivity contribution is 6.05. The molecule has 0 aromatic heterocycles. The van der Waals surface area contributed by atoms with Crippen molar-refractivity contribution < 1.29 is 14.4 Å². The number of amides is 3. The predicted molar refractivity (Wildman–Crippen MR) is 87.9 cm³/mol. The maximum absolute atomic E-state index is 12.8. The molecule has 2 aromatic rings. The van der Waals surface area contributed by atoms with Crippen LogP contribution in [0, 0.1) is 0 Å². The molecule has 2 aliphatic rings. The molecule has 1 fully saturated rings. The van der Waals surface area contributed by atoms with Crippen molar-refractivity contribution in [3.05, 3.63) is 59.7 Å². The lowest BCUT2D eigenvalue weighted by Crippen LogP contribution is -2.52. The van der Waals surface area contributed by atoms with Gasteiger partial charge in [-0.05, 0) is 29.2 Å². The van der Waals surface area contributed by atoms with E-state index >= 15 is 0 Å². The summed E-state index contributed by atoms with van der Waals surface area (Å²) in [5, 5.41) is 2.32. The van der Waals surface area contributed by atoms with Gasteiger partial charge in [-0.15, -0.1) is 0 Å². The van der Waals surface area contributed by atoms with E-state index in [0.29, 0.717) is 18.5 Å². The van der Waals surface area contributed by atoms with E-state index in [1.54, 1.807) is 4.90 Å². The summed E-state index contributed by atoms with van der Waals surface area (Å²) in [6.07, 6.45) is 0.654. The van der Waals surface area contributed by atoms with Crippen molar-refractivity contribution in [2.75, 3.05) is 0 Å². The third-order valence-corrected chi connectivity index (χ3v) is 4.64. The summed E-state index contributed by atoms with van der Waals surface area (Å²) in [7, 11) is 0. The van der Waals surface area contributed by atoms with Gasteiger partial charge in [0.15, 0.2) is 0 Å². The van der Waals surface area contributed by atoms with E-state index in [1.807, 2.05) is 48.5 Å². The molecular formula is C19H16N2O3. The van der Waals surface area contributed by atoms with E-state index in [-0.39, 0.29) is 24.1 Å². The first-order chi connectivity index (χ1) is 11.6. The number of piperidine rings is 1. The van der Waals surface area contributed by atoms with Gasteiger partial charge in [0.1, 0.15) is 6.04 Å². The predicted octanol–water partition coefficient (Wildman–Crippen LogP) is 2.11. The minimum absolute atomic E-state index is 0.141. The van der Waals surface area contributed by atoms with Crippen LogP contribution in [-0.2, 0) is 16.1 Å². The molecule has 24 heavy (non-hydrogen) atoms. The Bertz CT molecular complexity index is 845. The van der Waals surface area contributed by atoms with Crippen LogP contribution in [0.5, 0.6) is 0 Å². The number of hydrogen-bond donors (Lipinski definition) is 1. The van der Waals surface area contributed by atoms with Crippen molar-refractivity contribution in [1.29, 1.82) is 0 Å². The molecule has 0 bridgehead atoms. The zero-order valence-electron chi connectivity index (χ0n) is 13.0. The topological polar surface area (TPSA) is 66.5 Å². The van der Waals surface area contributed by atoms with Crippen LogP contribution >= 0.6 is 0 Å². The minimum atomic E-state index is -0.567. The summed E-state index contributed by atoms with van der Waals surface area (Å²) in [5.41, 5.74) is 3.59. The molecular weight excluding hydrogens is 304 g/mol. The second-order valence-electron chi connectivity index (χ2n) is 6.14. The smallest absolute Gasteiger partial charge is 0.255 e. The molecule has 1 N–H and O–H groups in total. The van der Waals surface area contributed by atoms with Crippen LogP contribution in [0.4, 0.5) is 0 Å². The Balaban J connectivity index is 1.63. The minimum Gasteiger partial charge on any atom is -0.322 e. The van der Waals surface area contributed by atoms with Gasteiger partial charge in [-0.3, -0.25) is 19.7 Å². The van der Waals surface area contributed by atoms with Crippen molar-refractivity contribution in [2.24, 2.45) is 0 Å². The highest BCUT2D eigenvalue weighted by Gasteiger charge is 2.39. The molecule has 120 valence electrons. The highest BCUT2D eigenvalue weighted by Crippen LogP contribution is 2.31. The van der Waals surface area contributed by atoms with E-state index in [9.17, 15) is 14.4 Å². The molecule has 2 aromatic carbocycles. The maximum Gasteiger partial charge on any atom is 0.255 e. The van der Waals surface area contributed by atoms with Gasteiger partial charge in [0, 0.05) is 18.5 Å². The van der Waals surface area contributed by atoms with Gasteiger partial charge in [-0.25, -0.2) is 0 Å². The molecule has 1 saturated heterocycles. The lowest BCUT2D eigenvalue weighted by molar-refractivity contribution is -0.136. The number of benzene rings is 2. The number of hydrogen-bond acceptors (Lipinski definition) is 3. The number of carbonyl (C=O) groups is 3. The molecule has 2 heterocycles. The molecule has 3 amide bonds. The fourth-order valence-electron chi connectivity index (χ4n) is 3.36.